The summed E-state index contributed by atoms with van der Waals surface area (Å²) in [6.07, 6.45) is 0. The third-order valence-corrected chi connectivity index (χ3v) is 2.14. The Bertz CT molecular complexity index is 364. The summed E-state index contributed by atoms with van der Waals surface area (Å²) in [6.45, 7) is 5.29. The van der Waals surface area contributed by atoms with Crippen LogP contribution in [-0.2, 0) is 9.53 Å². The lowest BCUT2D eigenvalue weighted by atomic mass is 10.2. The summed E-state index contributed by atoms with van der Waals surface area (Å²) < 4.78 is 4.76. The van der Waals surface area contributed by atoms with E-state index in [0.717, 1.165) is 17.9 Å². The van der Waals surface area contributed by atoms with Crippen LogP contribution >= 0.6 is 0 Å². The lowest BCUT2D eigenvalue weighted by molar-refractivity contribution is -0.119. The summed E-state index contributed by atoms with van der Waals surface area (Å²) in [5.74, 6) is 0.440. The second-order valence-corrected chi connectivity index (χ2v) is 4.34. The van der Waals surface area contributed by atoms with Gasteiger partial charge in [-0.25, -0.2) is 0 Å². The van der Waals surface area contributed by atoms with Crippen LogP contribution in [0, 0.1) is 5.92 Å². The number of hydrogen-bond donors (Lipinski definition) is 2. The summed E-state index contributed by atoms with van der Waals surface area (Å²) in [5, 5.41) is 6.07. The number of amides is 1. The lowest BCUT2D eigenvalue weighted by Gasteiger charge is -2.11. The molecule has 0 spiro atoms. The van der Waals surface area contributed by atoms with Crippen molar-refractivity contribution in [1.82, 2.24) is 0 Å². The molecular weight excluding hydrogens is 216 g/mol. The number of carbonyl (C=O) groups is 1. The summed E-state index contributed by atoms with van der Waals surface area (Å²) in [5.41, 5.74) is 1.79. The van der Waals surface area contributed by atoms with E-state index in [2.05, 4.69) is 24.5 Å². The molecule has 0 aliphatic carbocycles. The van der Waals surface area contributed by atoms with Crippen LogP contribution in [0.1, 0.15) is 13.8 Å². The summed E-state index contributed by atoms with van der Waals surface area (Å²) in [4.78, 5) is 11.3. The molecule has 1 amide bonds. The zero-order valence-electron chi connectivity index (χ0n) is 10.6. The van der Waals surface area contributed by atoms with Crippen molar-refractivity contribution in [3.63, 3.8) is 0 Å². The quantitative estimate of drug-likeness (QED) is 0.797. The van der Waals surface area contributed by atoms with Crippen LogP contribution in [0.3, 0.4) is 0 Å². The first-order valence-electron chi connectivity index (χ1n) is 5.74. The molecule has 0 aromatic heterocycles. The molecule has 0 unspecified atom stereocenters. The Morgan fingerprint density at radius 1 is 1.35 bits per heavy atom. The average molecular weight is 236 g/mol. The van der Waals surface area contributed by atoms with Crippen LogP contribution in [0.4, 0.5) is 11.4 Å². The van der Waals surface area contributed by atoms with Gasteiger partial charge in [-0.3, -0.25) is 4.79 Å². The number of ether oxygens (including phenoxy) is 1. The van der Waals surface area contributed by atoms with E-state index in [4.69, 9.17) is 4.74 Å². The van der Waals surface area contributed by atoms with Crippen LogP contribution in [-0.4, -0.2) is 26.2 Å². The molecule has 2 N–H and O–H groups in total. The molecule has 0 bridgehead atoms. The van der Waals surface area contributed by atoms with E-state index < -0.39 is 0 Å². The molecule has 0 radical (unpaired) electrons. The van der Waals surface area contributed by atoms with Crippen molar-refractivity contribution in [3.05, 3.63) is 24.3 Å². The molecule has 0 fully saturated rings. The Labute approximate surface area is 102 Å². The third kappa shape index (κ3) is 5.36. The van der Waals surface area contributed by atoms with Crippen molar-refractivity contribution in [3.8, 4) is 0 Å². The van der Waals surface area contributed by atoms with Gasteiger partial charge in [-0.1, -0.05) is 19.9 Å². The van der Waals surface area contributed by atoms with Crippen LogP contribution in [0.5, 0.6) is 0 Å². The summed E-state index contributed by atoms with van der Waals surface area (Å²) in [6, 6.07) is 7.66. The van der Waals surface area contributed by atoms with Crippen LogP contribution in [0.25, 0.3) is 0 Å². The largest absolute Gasteiger partial charge is 0.385 e. The second kappa shape index (κ2) is 6.91. The molecule has 1 aromatic carbocycles. The Balaban J connectivity index is 2.56. The van der Waals surface area contributed by atoms with E-state index >= 15 is 0 Å². The molecule has 0 saturated carbocycles. The SMILES string of the molecule is COCC(=O)Nc1cccc(NCC(C)C)c1. The average Bonchev–Trinajstić information content (AvgIpc) is 2.27. The predicted molar refractivity (Wildman–Crippen MR) is 70.3 cm³/mol. The van der Waals surface area contributed by atoms with Crippen molar-refractivity contribution in [1.29, 1.82) is 0 Å². The highest BCUT2D eigenvalue weighted by atomic mass is 16.5. The molecule has 0 saturated heterocycles. The van der Waals surface area contributed by atoms with Gasteiger partial charge in [-0.15, -0.1) is 0 Å². The van der Waals surface area contributed by atoms with Crippen LogP contribution in [0.2, 0.25) is 0 Å². The summed E-state index contributed by atoms with van der Waals surface area (Å²) >= 11 is 0. The Morgan fingerprint density at radius 3 is 2.71 bits per heavy atom. The second-order valence-electron chi connectivity index (χ2n) is 4.34. The number of methoxy groups -OCH3 is 1. The van der Waals surface area contributed by atoms with Gasteiger partial charge in [0.15, 0.2) is 0 Å². The van der Waals surface area contributed by atoms with Gasteiger partial charge in [0, 0.05) is 25.0 Å². The van der Waals surface area contributed by atoms with Crippen LogP contribution < -0.4 is 10.6 Å². The van der Waals surface area contributed by atoms with Crippen LogP contribution in [0.15, 0.2) is 24.3 Å². The highest BCUT2D eigenvalue weighted by Crippen LogP contribution is 2.15. The minimum absolute atomic E-state index is 0.0731. The molecule has 4 heteroatoms. The molecule has 1 aromatic rings. The van der Waals surface area contributed by atoms with E-state index in [-0.39, 0.29) is 12.5 Å². The molecule has 17 heavy (non-hydrogen) atoms. The fourth-order valence-corrected chi connectivity index (χ4v) is 1.36. The lowest BCUT2D eigenvalue weighted by Crippen LogP contribution is -2.17. The van der Waals surface area contributed by atoms with Crippen molar-refractivity contribution in [2.45, 2.75) is 13.8 Å². The zero-order chi connectivity index (χ0) is 12.7. The minimum atomic E-state index is -0.145. The number of rotatable bonds is 6. The van der Waals surface area contributed by atoms with E-state index in [9.17, 15) is 4.79 Å². The molecule has 0 atom stereocenters. The van der Waals surface area contributed by atoms with Gasteiger partial charge in [0.25, 0.3) is 0 Å². The number of hydrogen-bond acceptors (Lipinski definition) is 3. The smallest absolute Gasteiger partial charge is 0.250 e. The van der Waals surface area contributed by atoms with Gasteiger partial charge >= 0.3 is 0 Å². The molecule has 1 rings (SSSR count). The topological polar surface area (TPSA) is 50.4 Å². The molecular formula is C13H20N2O2. The number of benzene rings is 1. The maximum atomic E-state index is 11.3. The van der Waals surface area contributed by atoms with Crippen molar-refractivity contribution in [2.75, 3.05) is 30.9 Å². The third-order valence-electron chi connectivity index (χ3n) is 2.14. The predicted octanol–water partition coefficient (Wildman–Crippen LogP) is 2.34. The van der Waals surface area contributed by atoms with Gasteiger partial charge in [0.1, 0.15) is 6.61 Å². The van der Waals surface area contributed by atoms with Gasteiger partial charge in [-0.2, -0.15) is 0 Å². The maximum absolute atomic E-state index is 11.3. The molecule has 0 aliphatic rings. The van der Waals surface area contributed by atoms with E-state index in [1.807, 2.05) is 24.3 Å². The van der Waals surface area contributed by atoms with Crippen molar-refractivity contribution < 1.29 is 9.53 Å². The normalized spacial score (nSPS) is 10.4. The van der Waals surface area contributed by atoms with Gasteiger partial charge in [-0.05, 0) is 24.1 Å². The highest BCUT2D eigenvalue weighted by Gasteiger charge is 2.02. The summed E-state index contributed by atoms with van der Waals surface area (Å²) in [7, 11) is 1.50. The zero-order valence-corrected chi connectivity index (χ0v) is 10.6. The first kappa shape index (κ1) is 13.5. The molecule has 4 nitrogen and oxygen atoms in total. The Kier molecular flexibility index (Phi) is 5.49. The number of carbonyl (C=O) groups excluding carboxylic acids is 1. The Hall–Kier alpha value is -1.55. The fraction of sp³-hybridized carbons (Fsp3) is 0.462. The number of nitrogens with one attached hydrogen (secondary N) is 2. The van der Waals surface area contributed by atoms with E-state index in [0.29, 0.717) is 5.92 Å². The van der Waals surface area contributed by atoms with Crippen molar-refractivity contribution >= 4 is 17.3 Å². The van der Waals surface area contributed by atoms with Gasteiger partial charge in [0.2, 0.25) is 5.91 Å². The monoisotopic (exact) mass is 236 g/mol. The maximum Gasteiger partial charge on any atom is 0.250 e. The first-order valence-corrected chi connectivity index (χ1v) is 5.74. The number of anilines is 2. The standard InChI is InChI=1S/C13H20N2O2/c1-10(2)8-14-11-5-4-6-12(7-11)15-13(16)9-17-3/h4-7,10,14H,8-9H2,1-3H3,(H,15,16). The Morgan fingerprint density at radius 2 is 2.06 bits per heavy atom. The highest BCUT2D eigenvalue weighted by molar-refractivity contribution is 5.92. The van der Waals surface area contributed by atoms with Gasteiger partial charge in [0.05, 0.1) is 0 Å². The van der Waals surface area contributed by atoms with E-state index in [1.165, 1.54) is 7.11 Å². The molecule has 0 heterocycles. The fourth-order valence-electron chi connectivity index (χ4n) is 1.36. The van der Waals surface area contributed by atoms with Crippen molar-refractivity contribution in [2.24, 2.45) is 5.92 Å². The van der Waals surface area contributed by atoms with Gasteiger partial charge < -0.3 is 15.4 Å². The molecule has 0 aliphatic heterocycles. The van der Waals surface area contributed by atoms with E-state index in [1.54, 1.807) is 0 Å². The minimum Gasteiger partial charge on any atom is -0.385 e. The first-order chi connectivity index (χ1) is 8.11. The molecule has 94 valence electrons.